The quantitative estimate of drug-likeness (QED) is 0.679. The molecule has 0 radical (unpaired) electrons. The Balaban J connectivity index is 2.04. The summed E-state index contributed by atoms with van der Waals surface area (Å²) in [5.41, 5.74) is -0.857. The predicted molar refractivity (Wildman–Crippen MR) is 114 cm³/mol. The van der Waals surface area contributed by atoms with Crippen molar-refractivity contribution in [1.82, 2.24) is 5.32 Å². The van der Waals surface area contributed by atoms with Gasteiger partial charge in [-0.1, -0.05) is 41.4 Å². The van der Waals surface area contributed by atoms with Gasteiger partial charge in [0.2, 0.25) is 5.91 Å². The van der Waals surface area contributed by atoms with E-state index in [9.17, 15) is 9.59 Å². The summed E-state index contributed by atoms with van der Waals surface area (Å²) in [6.45, 7) is 5.51. The van der Waals surface area contributed by atoms with E-state index in [0.29, 0.717) is 16.3 Å². The third-order valence-electron chi connectivity index (χ3n) is 6.17. The molecule has 2 N–H and O–H groups in total. The zero-order valence-corrected chi connectivity index (χ0v) is 18.2. The van der Waals surface area contributed by atoms with Crippen molar-refractivity contribution in [2.75, 3.05) is 11.9 Å². The van der Waals surface area contributed by atoms with E-state index in [0.717, 1.165) is 0 Å². The molecule has 1 amide bonds. The minimum absolute atomic E-state index is 0.0790. The topological polar surface area (TPSA) is 67.4 Å². The van der Waals surface area contributed by atoms with Crippen LogP contribution in [0.15, 0.2) is 36.4 Å². The van der Waals surface area contributed by atoms with Crippen molar-refractivity contribution in [3.8, 4) is 0 Å². The van der Waals surface area contributed by atoms with Crippen LogP contribution in [-0.2, 0) is 19.7 Å². The van der Waals surface area contributed by atoms with Gasteiger partial charge >= 0.3 is 5.97 Å². The number of carbonyl (C=O) groups is 2. The molecule has 1 fully saturated rings. The Hall–Kier alpha value is -2.15. The van der Waals surface area contributed by atoms with Crippen LogP contribution in [0.5, 0.6) is 0 Å². The second-order valence-corrected chi connectivity index (χ2v) is 8.92. The summed E-state index contributed by atoms with van der Waals surface area (Å²) in [5.74, 6) is -2.45. The first-order valence-electron chi connectivity index (χ1n) is 9.65. The molecule has 0 bridgehead atoms. The van der Waals surface area contributed by atoms with E-state index in [2.05, 4.69) is 10.6 Å². The van der Waals surface area contributed by atoms with Crippen LogP contribution in [0.4, 0.5) is 10.1 Å². The van der Waals surface area contributed by atoms with E-state index >= 15 is 4.39 Å². The van der Waals surface area contributed by atoms with Crippen molar-refractivity contribution in [1.29, 1.82) is 0 Å². The minimum Gasteiger partial charge on any atom is -0.465 e. The SMILES string of the molecule is CCOC(=O)[C@@H]1NC(C)(C)[C@@]2(C(=O)Nc3cc(Cl)ccc32)[C@H]1c1cccc(Cl)c1F. The first-order chi connectivity index (χ1) is 14.1. The smallest absolute Gasteiger partial charge is 0.323 e. The van der Waals surface area contributed by atoms with Gasteiger partial charge in [-0.25, -0.2) is 4.39 Å². The second-order valence-electron chi connectivity index (χ2n) is 8.07. The van der Waals surface area contributed by atoms with Crippen LogP contribution >= 0.6 is 23.2 Å². The zero-order chi connectivity index (χ0) is 21.8. The maximum Gasteiger partial charge on any atom is 0.323 e. The zero-order valence-electron chi connectivity index (χ0n) is 16.7. The highest BCUT2D eigenvalue weighted by Crippen LogP contribution is 2.59. The number of fused-ring (bicyclic) bond motifs is 2. The molecule has 2 aromatic rings. The van der Waals surface area contributed by atoms with E-state index in [1.54, 1.807) is 37.3 Å². The highest BCUT2D eigenvalue weighted by atomic mass is 35.5. The average Bonchev–Trinajstić information content (AvgIpc) is 3.10. The number of benzene rings is 2. The minimum atomic E-state index is -1.30. The molecule has 158 valence electrons. The first-order valence-corrected chi connectivity index (χ1v) is 10.4. The molecule has 1 spiro atoms. The first kappa shape index (κ1) is 21.1. The molecule has 0 saturated carbocycles. The number of amides is 1. The Morgan fingerprint density at radius 1 is 1.23 bits per heavy atom. The second kappa shape index (κ2) is 7.22. The molecule has 0 aliphatic carbocycles. The fraction of sp³-hybridized carbons (Fsp3) is 0.364. The molecule has 2 aliphatic rings. The monoisotopic (exact) mass is 450 g/mol. The number of rotatable bonds is 3. The summed E-state index contributed by atoms with van der Waals surface area (Å²) < 4.78 is 20.5. The Morgan fingerprint density at radius 2 is 1.97 bits per heavy atom. The highest BCUT2D eigenvalue weighted by Gasteiger charge is 2.69. The van der Waals surface area contributed by atoms with E-state index in [1.807, 2.05) is 13.8 Å². The standard InChI is InChI=1S/C22H21Cl2FN2O3/c1-4-30-19(28)18-16(12-6-5-7-14(24)17(12)25)22(21(2,3)27-18)13-9-8-11(23)10-15(13)26-20(22)29/h5-10,16,18,27H,4H2,1-3H3,(H,26,29)/t16-,18+,22+/m0/s1. The van der Waals surface area contributed by atoms with Gasteiger partial charge in [0.05, 0.1) is 11.6 Å². The third-order valence-corrected chi connectivity index (χ3v) is 6.70. The lowest BCUT2D eigenvalue weighted by atomic mass is 9.60. The summed E-state index contributed by atoms with van der Waals surface area (Å²) in [7, 11) is 0. The van der Waals surface area contributed by atoms with Crippen LogP contribution < -0.4 is 10.6 Å². The third kappa shape index (κ3) is 2.77. The molecule has 30 heavy (non-hydrogen) atoms. The van der Waals surface area contributed by atoms with Gasteiger partial charge in [-0.2, -0.15) is 0 Å². The maximum atomic E-state index is 15.3. The van der Waals surface area contributed by atoms with E-state index < -0.39 is 34.7 Å². The van der Waals surface area contributed by atoms with Crippen molar-refractivity contribution in [2.45, 2.75) is 43.7 Å². The number of esters is 1. The molecule has 0 unspecified atom stereocenters. The van der Waals surface area contributed by atoms with Crippen molar-refractivity contribution >= 4 is 40.8 Å². The number of hydrogen-bond donors (Lipinski definition) is 2. The summed E-state index contributed by atoms with van der Waals surface area (Å²) in [6, 6.07) is 8.73. The van der Waals surface area contributed by atoms with Crippen LogP contribution in [-0.4, -0.2) is 30.1 Å². The van der Waals surface area contributed by atoms with Crippen LogP contribution in [0.25, 0.3) is 0 Å². The van der Waals surface area contributed by atoms with Crippen LogP contribution in [0.3, 0.4) is 0 Å². The normalized spacial score (nSPS) is 26.5. The number of ether oxygens (including phenoxy) is 1. The molecule has 5 nitrogen and oxygen atoms in total. The Labute approximate surface area is 183 Å². The number of hydrogen-bond acceptors (Lipinski definition) is 4. The molecule has 2 heterocycles. The molecule has 1 saturated heterocycles. The summed E-state index contributed by atoms with van der Waals surface area (Å²) >= 11 is 12.2. The summed E-state index contributed by atoms with van der Waals surface area (Å²) in [5, 5.41) is 6.51. The van der Waals surface area contributed by atoms with Gasteiger partial charge in [0.25, 0.3) is 0 Å². The molecular weight excluding hydrogens is 430 g/mol. The maximum absolute atomic E-state index is 15.3. The average molecular weight is 451 g/mol. The van der Waals surface area contributed by atoms with Crippen molar-refractivity contribution in [3.63, 3.8) is 0 Å². The number of anilines is 1. The molecule has 8 heteroatoms. The predicted octanol–water partition coefficient (Wildman–Crippen LogP) is 4.42. The van der Waals surface area contributed by atoms with Gasteiger partial charge in [-0.15, -0.1) is 0 Å². The fourth-order valence-corrected chi connectivity index (χ4v) is 5.42. The van der Waals surface area contributed by atoms with Gasteiger partial charge < -0.3 is 10.1 Å². The van der Waals surface area contributed by atoms with Gasteiger partial charge in [0.15, 0.2) is 0 Å². The molecule has 2 aromatic carbocycles. The lowest BCUT2D eigenvalue weighted by Gasteiger charge is -2.40. The van der Waals surface area contributed by atoms with Crippen molar-refractivity contribution < 1.29 is 18.7 Å². The largest absolute Gasteiger partial charge is 0.465 e. The summed E-state index contributed by atoms with van der Waals surface area (Å²) in [6.07, 6.45) is 0. The fourth-order valence-electron chi connectivity index (χ4n) is 5.06. The van der Waals surface area contributed by atoms with Gasteiger partial charge in [0.1, 0.15) is 17.3 Å². The van der Waals surface area contributed by atoms with Crippen LogP contribution in [0.1, 0.15) is 37.8 Å². The number of carbonyl (C=O) groups excluding carboxylic acids is 2. The summed E-state index contributed by atoms with van der Waals surface area (Å²) in [4.78, 5) is 26.5. The van der Waals surface area contributed by atoms with E-state index in [4.69, 9.17) is 27.9 Å². The van der Waals surface area contributed by atoms with Crippen molar-refractivity contribution in [3.05, 3.63) is 63.4 Å². The van der Waals surface area contributed by atoms with E-state index in [1.165, 1.54) is 6.07 Å². The van der Waals surface area contributed by atoms with Gasteiger partial charge in [0, 0.05) is 22.2 Å². The molecular formula is C22H21Cl2FN2O3. The number of nitrogens with one attached hydrogen (secondary N) is 2. The number of halogens is 3. The molecule has 3 atom stereocenters. The molecule has 4 rings (SSSR count). The lowest BCUT2D eigenvalue weighted by Crippen LogP contribution is -2.55. The van der Waals surface area contributed by atoms with Crippen molar-refractivity contribution in [2.24, 2.45) is 0 Å². The van der Waals surface area contributed by atoms with Gasteiger partial charge in [-0.3, -0.25) is 14.9 Å². The van der Waals surface area contributed by atoms with Gasteiger partial charge in [-0.05, 0) is 50.1 Å². The van der Waals surface area contributed by atoms with Crippen LogP contribution in [0.2, 0.25) is 10.0 Å². The van der Waals surface area contributed by atoms with Crippen LogP contribution in [0, 0.1) is 5.82 Å². The van der Waals surface area contributed by atoms with E-state index in [-0.39, 0.29) is 23.1 Å². The lowest BCUT2D eigenvalue weighted by molar-refractivity contribution is -0.145. The molecule has 0 aromatic heterocycles. The Bertz CT molecular complexity index is 1060. The Kier molecular flexibility index (Phi) is 5.08. The Morgan fingerprint density at radius 3 is 2.67 bits per heavy atom. The highest BCUT2D eigenvalue weighted by molar-refractivity contribution is 6.31. The molecule has 2 aliphatic heterocycles.